The van der Waals surface area contributed by atoms with Gasteiger partial charge in [-0.15, -0.1) is 0 Å². The van der Waals surface area contributed by atoms with Crippen LogP contribution in [0.25, 0.3) is 0 Å². The van der Waals surface area contributed by atoms with Gasteiger partial charge in [-0.25, -0.2) is 0 Å². The first kappa shape index (κ1) is 11.9. The largest absolute Gasteiger partial charge is 0.361 e. The molecule has 5 nitrogen and oxygen atoms in total. The summed E-state index contributed by atoms with van der Waals surface area (Å²) < 4.78 is 4.87. The number of hydrogen-bond acceptors (Lipinski definition) is 4. The molecule has 0 aliphatic rings. The van der Waals surface area contributed by atoms with Crippen molar-refractivity contribution in [2.75, 3.05) is 11.9 Å². The Morgan fingerprint density at radius 3 is 2.78 bits per heavy atom. The third kappa shape index (κ3) is 2.09. The van der Waals surface area contributed by atoms with Crippen LogP contribution in [0.1, 0.15) is 21.8 Å². The van der Waals surface area contributed by atoms with Crippen LogP contribution in [0.4, 0.5) is 5.69 Å². The van der Waals surface area contributed by atoms with Crippen LogP contribution in [0.2, 0.25) is 0 Å². The molecule has 0 aliphatic carbocycles. The van der Waals surface area contributed by atoms with Gasteiger partial charge in [-0.1, -0.05) is 17.3 Å². The van der Waals surface area contributed by atoms with Crippen molar-refractivity contribution in [1.29, 1.82) is 5.26 Å². The number of nitriles is 1. The van der Waals surface area contributed by atoms with Crippen LogP contribution in [-0.2, 0) is 0 Å². The highest BCUT2D eigenvalue weighted by Gasteiger charge is 2.19. The van der Waals surface area contributed by atoms with E-state index in [1.165, 1.54) is 4.90 Å². The number of para-hydroxylation sites is 1. The Labute approximate surface area is 104 Å². The molecule has 0 N–H and O–H groups in total. The predicted octanol–water partition coefficient (Wildman–Crippen LogP) is 2.13. The molecule has 0 spiro atoms. The topological polar surface area (TPSA) is 70.1 Å². The zero-order valence-corrected chi connectivity index (χ0v) is 10.0. The van der Waals surface area contributed by atoms with Gasteiger partial charge in [-0.05, 0) is 19.1 Å². The van der Waals surface area contributed by atoms with Gasteiger partial charge in [0, 0.05) is 13.1 Å². The Hall–Kier alpha value is -2.61. The van der Waals surface area contributed by atoms with Gasteiger partial charge >= 0.3 is 0 Å². The van der Waals surface area contributed by atoms with Gasteiger partial charge in [-0.2, -0.15) is 5.26 Å². The van der Waals surface area contributed by atoms with Crippen LogP contribution in [0.15, 0.2) is 34.9 Å². The molecule has 2 aromatic rings. The first-order valence-corrected chi connectivity index (χ1v) is 5.34. The summed E-state index contributed by atoms with van der Waals surface area (Å²) in [6, 6.07) is 10.5. The van der Waals surface area contributed by atoms with Gasteiger partial charge in [0.2, 0.25) is 0 Å². The van der Waals surface area contributed by atoms with Crippen LogP contribution in [-0.4, -0.2) is 18.1 Å². The molecule has 0 bridgehead atoms. The van der Waals surface area contributed by atoms with E-state index in [4.69, 9.17) is 9.78 Å². The Kier molecular flexibility index (Phi) is 3.11. The van der Waals surface area contributed by atoms with Gasteiger partial charge in [0.15, 0.2) is 5.69 Å². The Bertz CT molecular complexity index is 625. The smallest absolute Gasteiger partial charge is 0.280 e. The molecular formula is C13H11N3O2. The summed E-state index contributed by atoms with van der Waals surface area (Å²) in [6.07, 6.45) is 0. The molecule has 1 heterocycles. The molecule has 0 unspecified atom stereocenters. The molecular weight excluding hydrogens is 230 g/mol. The number of amides is 1. The number of rotatable bonds is 2. The summed E-state index contributed by atoms with van der Waals surface area (Å²) in [5.74, 6) is 0.259. The van der Waals surface area contributed by atoms with Crippen molar-refractivity contribution >= 4 is 11.6 Å². The molecule has 0 fully saturated rings. The van der Waals surface area contributed by atoms with Gasteiger partial charge in [0.1, 0.15) is 11.8 Å². The Morgan fingerprint density at radius 1 is 1.44 bits per heavy atom. The predicted molar refractivity (Wildman–Crippen MR) is 65.1 cm³/mol. The fourth-order valence-electron chi connectivity index (χ4n) is 1.61. The van der Waals surface area contributed by atoms with E-state index in [-0.39, 0.29) is 11.6 Å². The number of aryl methyl sites for hydroxylation is 1. The second-order valence-corrected chi connectivity index (χ2v) is 3.82. The van der Waals surface area contributed by atoms with Crippen molar-refractivity contribution in [2.24, 2.45) is 0 Å². The lowest BCUT2D eigenvalue weighted by atomic mass is 10.1. The first-order valence-electron chi connectivity index (χ1n) is 5.34. The molecule has 0 radical (unpaired) electrons. The minimum Gasteiger partial charge on any atom is -0.361 e. The summed E-state index contributed by atoms with van der Waals surface area (Å²) >= 11 is 0. The van der Waals surface area contributed by atoms with Crippen molar-refractivity contribution < 1.29 is 9.32 Å². The van der Waals surface area contributed by atoms with Crippen molar-refractivity contribution in [3.63, 3.8) is 0 Å². The maximum Gasteiger partial charge on any atom is 0.280 e. The molecule has 0 saturated carbocycles. The van der Waals surface area contributed by atoms with Gasteiger partial charge in [0.25, 0.3) is 5.91 Å². The number of carbonyl (C=O) groups excluding carboxylic acids is 1. The van der Waals surface area contributed by atoms with Crippen LogP contribution in [0, 0.1) is 18.3 Å². The van der Waals surface area contributed by atoms with Crippen LogP contribution in [0.5, 0.6) is 0 Å². The van der Waals surface area contributed by atoms with Crippen molar-refractivity contribution in [3.05, 3.63) is 47.3 Å². The van der Waals surface area contributed by atoms with E-state index in [0.29, 0.717) is 17.0 Å². The fraction of sp³-hybridized carbons (Fsp3) is 0.154. The standard InChI is InChI=1S/C13H11N3O2/c1-9-7-11(15-18-9)13(17)16(2)12-6-4-3-5-10(12)8-14/h3-7H,1-2H3. The lowest BCUT2D eigenvalue weighted by molar-refractivity contribution is 0.0984. The van der Waals surface area contributed by atoms with Crippen molar-refractivity contribution in [1.82, 2.24) is 5.16 Å². The average Bonchev–Trinajstić information content (AvgIpc) is 2.83. The summed E-state index contributed by atoms with van der Waals surface area (Å²) in [7, 11) is 1.60. The second kappa shape index (κ2) is 4.72. The van der Waals surface area contributed by atoms with Crippen LogP contribution >= 0.6 is 0 Å². The molecule has 0 aliphatic heterocycles. The van der Waals surface area contributed by atoms with Gasteiger partial charge < -0.3 is 9.42 Å². The van der Waals surface area contributed by atoms with E-state index in [1.54, 1.807) is 44.3 Å². The molecule has 5 heteroatoms. The third-order valence-corrected chi connectivity index (χ3v) is 2.54. The molecule has 1 aromatic carbocycles. The summed E-state index contributed by atoms with van der Waals surface area (Å²) in [5.41, 5.74) is 1.21. The number of benzene rings is 1. The highest BCUT2D eigenvalue weighted by molar-refractivity contribution is 6.05. The van der Waals surface area contributed by atoms with E-state index in [2.05, 4.69) is 11.2 Å². The van der Waals surface area contributed by atoms with Crippen LogP contribution < -0.4 is 4.90 Å². The number of nitrogens with zero attached hydrogens (tertiary/aromatic N) is 3. The molecule has 0 atom stereocenters. The maximum absolute atomic E-state index is 12.1. The quantitative estimate of drug-likeness (QED) is 0.807. The second-order valence-electron chi connectivity index (χ2n) is 3.82. The summed E-state index contributed by atoms with van der Waals surface area (Å²) in [5, 5.41) is 12.7. The number of carbonyl (C=O) groups is 1. The highest BCUT2D eigenvalue weighted by Crippen LogP contribution is 2.20. The number of anilines is 1. The third-order valence-electron chi connectivity index (χ3n) is 2.54. The SMILES string of the molecule is Cc1cc(C(=O)N(C)c2ccccc2C#N)no1. The van der Waals surface area contributed by atoms with E-state index >= 15 is 0 Å². The monoisotopic (exact) mass is 241 g/mol. The van der Waals surface area contributed by atoms with E-state index in [9.17, 15) is 4.79 Å². The zero-order chi connectivity index (χ0) is 13.1. The maximum atomic E-state index is 12.1. The minimum absolute atomic E-state index is 0.225. The lowest BCUT2D eigenvalue weighted by Gasteiger charge is -2.16. The van der Waals surface area contributed by atoms with Crippen LogP contribution in [0.3, 0.4) is 0 Å². The molecule has 1 amide bonds. The molecule has 18 heavy (non-hydrogen) atoms. The van der Waals surface area contributed by atoms with E-state index in [0.717, 1.165) is 0 Å². The molecule has 90 valence electrons. The molecule has 0 saturated heterocycles. The molecule has 2 rings (SSSR count). The normalized spacial score (nSPS) is 9.83. The van der Waals surface area contributed by atoms with Gasteiger partial charge in [-0.3, -0.25) is 4.79 Å². The number of aromatic nitrogens is 1. The van der Waals surface area contributed by atoms with Crippen molar-refractivity contribution in [3.8, 4) is 6.07 Å². The zero-order valence-electron chi connectivity index (χ0n) is 10.0. The minimum atomic E-state index is -0.311. The summed E-state index contributed by atoms with van der Waals surface area (Å²) in [4.78, 5) is 13.5. The highest BCUT2D eigenvalue weighted by atomic mass is 16.5. The fourth-order valence-corrected chi connectivity index (χ4v) is 1.61. The van der Waals surface area contributed by atoms with Gasteiger partial charge in [0.05, 0.1) is 11.3 Å². The Morgan fingerprint density at radius 2 is 2.17 bits per heavy atom. The lowest BCUT2D eigenvalue weighted by Crippen LogP contribution is -2.27. The van der Waals surface area contributed by atoms with E-state index < -0.39 is 0 Å². The Balaban J connectivity index is 2.34. The van der Waals surface area contributed by atoms with Crippen molar-refractivity contribution in [2.45, 2.75) is 6.92 Å². The van der Waals surface area contributed by atoms with E-state index in [1.807, 2.05) is 0 Å². The summed E-state index contributed by atoms with van der Waals surface area (Å²) in [6.45, 7) is 1.72. The average molecular weight is 241 g/mol. The molecule has 1 aromatic heterocycles. The first-order chi connectivity index (χ1) is 8.63. The number of hydrogen-bond donors (Lipinski definition) is 0.